The molecule has 2 N–H and O–H groups in total. The molecule has 0 spiro atoms. The first-order valence-electron chi connectivity index (χ1n) is 2.98. The van der Waals surface area contributed by atoms with Crippen LogP contribution in [0.1, 0.15) is 0 Å². The molecule has 11 heavy (non-hydrogen) atoms. The van der Waals surface area contributed by atoms with Crippen LogP contribution in [0.5, 0.6) is 5.88 Å². The van der Waals surface area contributed by atoms with E-state index in [0.717, 1.165) is 10.9 Å². The number of H-pyrrole nitrogens is 1. The topological polar surface area (TPSA) is 48.9 Å². The largest absolute Gasteiger partial charge is 0.493 e. The monoisotopic (exact) mass is 170 g/mol. The Bertz CT molecular complexity index is 358. The van der Waals surface area contributed by atoms with Crippen LogP contribution < -0.4 is 0 Å². The molecule has 0 aromatic carbocycles. The van der Waals surface area contributed by atoms with Crippen molar-refractivity contribution in [2.45, 2.75) is 0 Å². The minimum absolute atomic E-state index is 0. The smallest absolute Gasteiger partial charge is 0.211 e. The van der Waals surface area contributed by atoms with Crippen LogP contribution in [0, 0.1) is 0 Å². The fourth-order valence-electron chi connectivity index (χ4n) is 0.939. The quantitative estimate of drug-likeness (QED) is 0.632. The second-order valence-corrected chi connectivity index (χ2v) is 2.11. The van der Waals surface area contributed by atoms with Gasteiger partial charge < -0.3 is 10.1 Å². The van der Waals surface area contributed by atoms with E-state index in [-0.39, 0.29) is 18.3 Å². The third kappa shape index (κ3) is 1.28. The molecule has 0 radical (unpaired) electrons. The highest BCUT2D eigenvalue weighted by Crippen LogP contribution is 2.14. The normalized spacial score (nSPS) is 9.45. The molecule has 0 aliphatic heterocycles. The molecule has 0 atom stereocenters. The summed E-state index contributed by atoms with van der Waals surface area (Å²) < 4.78 is 0. The molecule has 0 saturated carbocycles. The first-order valence-corrected chi connectivity index (χ1v) is 2.98. The third-order valence-corrected chi connectivity index (χ3v) is 1.42. The molecule has 58 valence electrons. The Morgan fingerprint density at radius 2 is 2.27 bits per heavy atom. The van der Waals surface area contributed by atoms with E-state index in [1.54, 1.807) is 12.3 Å². The summed E-state index contributed by atoms with van der Waals surface area (Å²) in [4.78, 5) is 6.68. The van der Waals surface area contributed by atoms with Crippen molar-refractivity contribution in [1.29, 1.82) is 0 Å². The predicted octanol–water partition coefficient (Wildman–Crippen LogP) is 1.69. The molecule has 4 heteroatoms. The predicted molar refractivity (Wildman–Crippen MR) is 45.0 cm³/mol. The van der Waals surface area contributed by atoms with Crippen LogP contribution in [-0.4, -0.2) is 15.1 Å². The first kappa shape index (κ1) is 7.88. The fourth-order valence-corrected chi connectivity index (χ4v) is 0.939. The number of pyridine rings is 1. The lowest BCUT2D eigenvalue weighted by molar-refractivity contribution is 0.454. The summed E-state index contributed by atoms with van der Waals surface area (Å²) >= 11 is 0. The van der Waals surface area contributed by atoms with Crippen LogP contribution in [0.3, 0.4) is 0 Å². The lowest BCUT2D eigenvalue weighted by Gasteiger charge is -1.88. The maximum Gasteiger partial charge on any atom is 0.211 e. The molecule has 2 aromatic rings. The van der Waals surface area contributed by atoms with Crippen LogP contribution in [0.25, 0.3) is 10.9 Å². The minimum atomic E-state index is 0. The van der Waals surface area contributed by atoms with Crippen LogP contribution >= 0.6 is 12.4 Å². The van der Waals surface area contributed by atoms with Crippen molar-refractivity contribution < 1.29 is 5.11 Å². The van der Waals surface area contributed by atoms with Gasteiger partial charge in [0.1, 0.15) is 0 Å². The molecule has 0 unspecified atom stereocenters. The summed E-state index contributed by atoms with van der Waals surface area (Å²) in [7, 11) is 0. The SMILES string of the molecule is Cl.Oc1cc2cc[nH]c2cn1. The average Bonchev–Trinajstić information content (AvgIpc) is 2.33. The van der Waals surface area contributed by atoms with E-state index in [2.05, 4.69) is 9.97 Å². The molecular weight excluding hydrogens is 164 g/mol. The van der Waals surface area contributed by atoms with Gasteiger partial charge in [-0.1, -0.05) is 0 Å². The van der Waals surface area contributed by atoms with E-state index in [1.165, 1.54) is 0 Å². The number of aromatic nitrogens is 2. The van der Waals surface area contributed by atoms with Gasteiger partial charge in [0.2, 0.25) is 5.88 Å². The van der Waals surface area contributed by atoms with Gasteiger partial charge in [0.15, 0.2) is 0 Å². The molecular formula is C7H7ClN2O. The zero-order chi connectivity index (χ0) is 6.97. The molecule has 0 aliphatic rings. The lowest BCUT2D eigenvalue weighted by atomic mass is 10.3. The fraction of sp³-hybridized carbons (Fsp3) is 0. The molecule has 0 amide bonds. The van der Waals surface area contributed by atoms with Gasteiger partial charge in [0, 0.05) is 17.6 Å². The Labute approximate surface area is 69.5 Å². The molecule has 2 heterocycles. The Hall–Kier alpha value is -1.22. The Balaban J connectivity index is 0.000000605. The highest BCUT2D eigenvalue weighted by Gasteiger charge is 1.94. The van der Waals surface area contributed by atoms with Crippen molar-refractivity contribution >= 4 is 23.3 Å². The highest BCUT2D eigenvalue weighted by molar-refractivity contribution is 5.85. The zero-order valence-corrected chi connectivity index (χ0v) is 6.43. The molecule has 0 aliphatic carbocycles. The summed E-state index contributed by atoms with van der Waals surface area (Å²) in [5.41, 5.74) is 0.942. The van der Waals surface area contributed by atoms with E-state index in [0.29, 0.717) is 0 Å². The second-order valence-electron chi connectivity index (χ2n) is 2.11. The summed E-state index contributed by atoms with van der Waals surface area (Å²) in [6, 6.07) is 3.50. The molecule has 2 rings (SSSR count). The first-order chi connectivity index (χ1) is 4.86. The number of nitrogens with zero attached hydrogens (tertiary/aromatic N) is 1. The Morgan fingerprint density at radius 3 is 3.09 bits per heavy atom. The standard InChI is InChI=1S/C7H6N2O.ClH/c10-7-3-5-1-2-8-6(5)4-9-7;/h1-4,8H,(H,9,10);1H. The van der Waals surface area contributed by atoms with Gasteiger partial charge in [0.25, 0.3) is 0 Å². The van der Waals surface area contributed by atoms with Gasteiger partial charge in [-0.05, 0) is 6.07 Å². The van der Waals surface area contributed by atoms with Crippen LogP contribution in [0.15, 0.2) is 24.5 Å². The van der Waals surface area contributed by atoms with Crippen LogP contribution in [0.2, 0.25) is 0 Å². The number of rotatable bonds is 0. The third-order valence-electron chi connectivity index (χ3n) is 1.42. The average molecular weight is 171 g/mol. The van der Waals surface area contributed by atoms with Gasteiger partial charge in [-0.3, -0.25) is 0 Å². The highest BCUT2D eigenvalue weighted by atomic mass is 35.5. The van der Waals surface area contributed by atoms with E-state index in [1.807, 2.05) is 12.3 Å². The van der Waals surface area contributed by atoms with Crippen molar-refractivity contribution in [2.75, 3.05) is 0 Å². The summed E-state index contributed by atoms with van der Waals surface area (Å²) in [6.45, 7) is 0. The zero-order valence-electron chi connectivity index (χ0n) is 5.61. The van der Waals surface area contributed by atoms with E-state index < -0.39 is 0 Å². The number of aromatic amines is 1. The Kier molecular flexibility index (Phi) is 2.01. The summed E-state index contributed by atoms with van der Waals surface area (Å²) in [5.74, 6) is 0.0621. The molecule has 3 nitrogen and oxygen atoms in total. The maximum atomic E-state index is 8.92. The van der Waals surface area contributed by atoms with Gasteiger partial charge in [-0.15, -0.1) is 12.4 Å². The van der Waals surface area contributed by atoms with Crippen LogP contribution in [0.4, 0.5) is 0 Å². The van der Waals surface area contributed by atoms with Gasteiger partial charge in [-0.2, -0.15) is 0 Å². The van der Waals surface area contributed by atoms with Crippen molar-refractivity contribution in [3.8, 4) is 5.88 Å². The maximum absolute atomic E-state index is 8.92. The lowest BCUT2D eigenvalue weighted by Crippen LogP contribution is -1.72. The number of nitrogens with one attached hydrogen (secondary N) is 1. The Morgan fingerprint density at radius 1 is 1.45 bits per heavy atom. The van der Waals surface area contributed by atoms with Gasteiger partial charge >= 0.3 is 0 Å². The van der Waals surface area contributed by atoms with Crippen molar-refractivity contribution in [1.82, 2.24) is 9.97 Å². The second kappa shape index (κ2) is 2.80. The summed E-state index contributed by atoms with van der Waals surface area (Å²) in [6.07, 6.45) is 3.41. The van der Waals surface area contributed by atoms with Crippen molar-refractivity contribution in [3.05, 3.63) is 24.5 Å². The van der Waals surface area contributed by atoms with Gasteiger partial charge in [0.05, 0.1) is 11.7 Å². The molecule has 0 fully saturated rings. The van der Waals surface area contributed by atoms with E-state index in [4.69, 9.17) is 5.11 Å². The van der Waals surface area contributed by atoms with E-state index in [9.17, 15) is 0 Å². The van der Waals surface area contributed by atoms with Gasteiger partial charge in [-0.25, -0.2) is 4.98 Å². The number of fused-ring (bicyclic) bond motifs is 1. The number of halogens is 1. The number of aromatic hydroxyl groups is 1. The van der Waals surface area contributed by atoms with Crippen LogP contribution in [-0.2, 0) is 0 Å². The minimum Gasteiger partial charge on any atom is -0.493 e. The molecule has 0 bridgehead atoms. The number of hydrogen-bond donors (Lipinski definition) is 2. The van der Waals surface area contributed by atoms with Crippen molar-refractivity contribution in [3.63, 3.8) is 0 Å². The van der Waals surface area contributed by atoms with Crippen molar-refractivity contribution in [2.24, 2.45) is 0 Å². The molecule has 0 saturated heterocycles. The van der Waals surface area contributed by atoms with E-state index >= 15 is 0 Å². The number of hydrogen-bond acceptors (Lipinski definition) is 2. The molecule has 2 aromatic heterocycles. The summed E-state index contributed by atoms with van der Waals surface area (Å²) in [5, 5.41) is 9.90.